The summed E-state index contributed by atoms with van der Waals surface area (Å²) in [5.74, 6) is 0.0705. The molecule has 0 aromatic carbocycles. The van der Waals surface area contributed by atoms with Gasteiger partial charge in [0.25, 0.3) is 0 Å². The fraction of sp³-hybridized carbons (Fsp3) is 0.917. The molecular formula is C24H48NNaO2. The second-order valence-electron chi connectivity index (χ2n) is 7.98. The van der Waals surface area contributed by atoms with E-state index in [0.29, 0.717) is 19.4 Å². The number of rotatable bonds is 19. The van der Waals surface area contributed by atoms with Crippen molar-refractivity contribution in [3.05, 3.63) is 0 Å². The molecule has 0 fully saturated rings. The van der Waals surface area contributed by atoms with Crippen LogP contribution in [0.3, 0.4) is 0 Å². The number of unbranched alkanes of at least 4 members (excludes halogenated alkanes) is 14. The van der Waals surface area contributed by atoms with Gasteiger partial charge in [0.1, 0.15) is 0 Å². The zero-order valence-electron chi connectivity index (χ0n) is 20.7. The molecule has 0 heterocycles. The molecule has 0 aliphatic heterocycles. The quantitative estimate of drug-likeness (QED) is 0.234. The molecule has 4 heteroatoms. The number of carbonyl (C=O) groups is 2. The van der Waals surface area contributed by atoms with Crippen LogP contribution >= 0.6 is 0 Å². The van der Waals surface area contributed by atoms with Crippen LogP contribution in [-0.2, 0) is 9.59 Å². The smallest absolute Gasteiger partial charge is 1.00 e. The van der Waals surface area contributed by atoms with Gasteiger partial charge >= 0.3 is 29.6 Å². The predicted molar refractivity (Wildman–Crippen MR) is 118 cm³/mol. The van der Waals surface area contributed by atoms with Crippen LogP contribution < -0.4 is 29.6 Å². The van der Waals surface area contributed by atoms with Crippen molar-refractivity contribution in [1.29, 1.82) is 0 Å². The maximum absolute atomic E-state index is 12.3. The van der Waals surface area contributed by atoms with Crippen molar-refractivity contribution >= 4 is 11.8 Å². The maximum Gasteiger partial charge on any atom is 1.00 e. The molecule has 28 heavy (non-hydrogen) atoms. The number of nitrogens with zero attached hydrogens (tertiary/aromatic N) is 1. The van der Waals surface area contributed by atoms with Crippen molar-refractivity contribution in [1.82, 2.24) is 4.90 Å². The zero-order valence-corrected chi connectivity index (χ0v) is 21.7. The summed E-state index contributed by atoms with van der Waals surface area (Å²) in [5.41, 5.74) is 0. The van der Waals surface area contributed by atoms with Crippen LogP contribution in [0.25, 0.3) is 0 Å². The summed E-state index contributed by atoms with van der Waals surface area (Å²) in [6, 6.07) is 0. The first kappa shape index (κ1) is 30.3. The van der Waals surface area contributed by atoms with Crippen molar-refractivity contribution < 1.29 is 40.6 Å². The van der Waals surface area contributed by atoms with E-state index in [1.165, 1.54) is 81.9 Å². The fourth-order valence-electron chi connectivity index (χ4n) is 3.58. The van der Waals surface area contributed by atoms with E-state index in [-0.39, 0.29) is 42.8 Å². The minimum absolute atomic E-state index is 0. The Kier molecular flexibility index (Phi) is 25.4. The SMILES string of the molecule is CCCCCCCCCCC(=O)N(CC)C(=O)CCCCCCCCCC.[H-].[Na+]. The summed E-state index contributed by atoms with van der Waals surface area (Å²) in [6.45, 7) is 6.91. The van der Waals surface area contributed by atoms with Crippen LogP contribution in [-0.4, -0.2) is 23.3 Å². The van der Waals surface area contributed by atoms with Crippen molar-refractivity contribution in [2.75, 3.05) is 6.54 Å². The van der Waals surface area contributed by atoms with Gasteiger partial charge in [-0.15, -0.1) is 0 Å². The molecule has 0 bridgehead atoms. The summed E-state index contributed by atoms with van der Waals surface area (Å²) < 4.78 is 0. The Morgan fingerprint density at radius 2 is 0.821 bits per heavy atom. The minimum Gasteiger partial charge on any atom is -1.00 e. The zero-order chi connectivity index (χ0) is 20.2. The van der Waals surface area contributed by atoms with Crippen molar-refractivity contribution in [2.45, 2.75) is 136 Å². The Labute approximate surface area is 199 Å². The number of carbonyl (C=O) groups excluding carboxylic acids is 2. The molecule has 0 aromatic rings. The van der Waals surface area contributed by atoms with Crippen LogP contribution in [0.4, 0.5) is 0 Å². The molecule has 0 saturated carbocycles. The van der Waals surface area contributed by atoms with Gasteiger partial charge in [-0.3, -0.25) is 14.5 Å². The van der Waals surface area contributed by atoms with Gasteiger partial charge in [0.2, 0.25) is 11.8 Å². The van der Waals surface area contributed by atoms with Crippen LogP contribution in [0.1, 0.15) is 138 Å². The van der Waals surface area contributed by atoms with E-state index in [4.69, 9.17) is 0 Å². The Morgan fingerprint density at radius 1 is 0.536 bits per heavy atom. The van der Waals surface area contributed by atoms with Crippen LogP contribution in [0.5, 0.6) is 0 Å². The minimum atomic E-state index is 0. The number of hydrogen-bond acceptors (Lipinski definition) is 2. The van der Waals surface area contributed by atoms with Gasteiger partial charge in [-0.1, -0.05) is 104 Å². The summed E-state index contributed by atoms with van der Waals surface area (Å²) >= 11 is 0. The van der Waals surface area contributed by atoms with Gasteiger partial charge < -0.3 is 1.43 Å². The third-order valence-corrected chi connectivity index (χ3v) is 5.41. The van der Waals surface area contributed by atoms with E-state index in [0.717, 1.165) is 25.7 Å². The van der Waals surface area contributed by atoms with E-state index in [1.54, 1.807) is 0 Å². The molecule has 0 aliphatic carbocycles. The van der Waals surface area contributed by atoms with Crippen LogP contribution in [0, 0.1) is 0 Å². The largest absolute Gasteiger partial charge is 1.00 e. The first-order valence-corrected chi connectivity index (χ1v) is 12.0. The van der Waals surface area contributed by atoms with E-state index in [1.807, 2.05) is 6.92 Å². The van der Waals surface area contributed by atoms with E-state index >= 15 is 0 Å². The first-order valence-electron chi connectivity index (χ1n) is 12.0. The van der Waals surface area contributed by atoms with Gasteiger partial charge in [0.05, 0.1) is 0 Å². The molecule has 0 saturated heterocycles. The van der Waals surface area contributed by atoms with Crippen molar-refractivity contribution in [2.24, 2.45) is 0 Å². The van der Waals surface area contributed by atoms with Crippen LogP contribution in [0.2, 0.25) is 0 Å². The normalized spacial score (nSPS) is 10.5. The molecular weight excluding hydrogens is 357 g/mol. The molecule has 0 spiro atoms. The molecule has 162 valence electrons. The van der Waals surface area contributed by atoms with Crippen molar-refractivity contribution in [3.63, 3.8) is 0 Å². The maximum atomic E-state index is 12.3. The summed E-state index contributed by atoms with van der Waals surface area (Å²) in [6.07, 6.45) is 20.7. The van der Waals surface area contributed by atoms with Gasteiger partial charge in [-0.05, 0) is 19.8 Å². The first-order chi connectivity index (χ1) is 13.2. The van der Waals surface area contributed by atoms with Gasteiger partial charge in [-0.2, -0.15) is 0 Å². The average molecular weight is 406 g/mol. The third-order valence-electron chi connectivity index (χ3n) is 5.41. The van der Waals surface area contributed by atoms with Gasteiger partial charge in [0, 0.05) is 19.4 Å². The van der Waals surface area contributed by atoms with Gasteiger partial charge in [0.15, 0.2) is 0 Å². The number of hydrogen-bond donors (Lipinski definition) is 0. The van der Waals surface area contributed by atoms with E-state index in [9.17, 15) is 9.59 Å². The Balaban J connectivity index is -0.00000338. The molecule has 0 N–H and O–H groups in total. The average Bonchev–Trinajstić information content (AvgIpc) is 2.66. The molecule has 3 nitrogen and oxygen atoms in total. The number of amides is 2. The summed E-state index contributed by atoms with van der Waals surface area (Å²) in [4.78, 5) is 26.1. The Bertz CT molecular complexity index is 335. The molecule has 0 radical (unpaired) electrons. The summed E-state index contributed by atoms with van der Waals surface area (Å²) in [7, 11) is 0. The molecule has 0 aromatic heterocycles. The molecule has 0 unspecified atom stereocenters. The monoisotopic (exact) mass is 405 g/mol. The standard InChI is InChI=1S/C24H47NO2.Na.H/c1-4-7-9-11-13-15-17-19-21-23(26)25(6-3)24(27)22-20-18-16-14-12-10-8-5-2;;/h4-22H2,1-3H3;;/q;+1;-1. The van der Waals surface area contributed by atoms with Crippen LogP contribution in [0.15, 0.2) is 0 Å². The fourth-order valence-corrected chi connectivity index (χ4v) is 3.58. The predicted octanol–water partition coefficient (Wildman–Crippen LogP) is 4.54. The van der Waals surface area contributed by atoms with Gasteiger partial charge in [-0.25, -0.2) is 0 Å². The topological polar surface area (TPSA) is 37.4 Å². The van der Waals surface area contributed by atoms with Crippen molar-refractivity contribution in [3.8, 4) is 0 Å². The van der Waals surface area contributed by atoms with E-state index in [2.05, 4.69) is 13.8 Å². The number of imide groups is 1. The summed E-state index contributed by atoms with van der Waals surface area (Å²) in [5, 5.41) is 0. The molecule has 2 amide bonds. The molecule has 0 aliphatic rings. The Morgan fingerprint density at radius 3 is 1.11 bits per heavy atom. The second-order valence-corrected chi connectivity index (χ2v) is 7.98. The third kappa shape index (κ3) is 18.2. The van der Waals surface area contributed by atoms with E-state index < -0.39 is 0 Å². The molecule has 0 rings (SSSR count). The Hall–Kier alpha value is 0.140. The second kappa shape index (κ2) is 23.4. The molecule has 0 atom stereocenters.